The van der Waals surface area contributed by atoms with Crippen molar-refractivity contribution < 1.29 is 28.7 Å². The quantitative estimate of drug-likeness (QED) is 0.503. The number of carbonyl (C=O) groups is 4. The van der Waals surface area contributed by atoms with Gasteiger partial charge in [-0.25, -0.2) is 20.1 Å². The van der Waals surface area contributed by atoms with Crippen LogP contribution in [0.15, 0.2) is 48.5 Å². The fraction of sp³-hybridized carbons (Fsp3) is 0.238. The Labute approximate surface area is 193 Å². The number of ether oxygens (including phenoxy) is 2. The van der Waals surface area contributed by atoms with Crippen molar-refractivity contribution in [1.29, 1.82) is 0 Å². The van der Waals surface area contributed by atoms with Crippen molar-refractivity contribution in [2.24, 2.45) is 0 Å². The average Bonchev–Trinajstić information content (AvgIpc) is 3.05. The van der Waals surface area contributed by atoms with Crippen LogP contribution in [0.5, 0.6) is 5.75 Å². The molecule has 0 aromatic heterocycles. The molecule has 11 heteroatoms. The first-order chi connectivity index (χ1) is 15.3. The Bertz CT molecular complexity index is 1030. The van der Waals surface area contributed by atoms with Gasteiger partial charge in [0.15, 0.2) is 6.61 Å². The van der Waals surface area contributed by atoms with Crippen molar-refractivity contribution in [3.8, 4) is 5.75 Å². The molecular weight excluding hydrogens is 461 g/mol. The SMILES string of the molecule is CCOC(=O)NN(C(=O)COc1ccc(Cl)cc1Cl)C1CC(=O)N(c2ccccc2)C1=O. The highest BCUT2D eigenvalue weighted by molar-refractivity contribution is 6.35. The molecule has 168 valence electrons. The van der Waals surface area contributed by atoms with Gasteiger partial charge in [-0.1, -0.05) is 41.4 Å². The molecule has 3 rings (SSSR count). The summed E-state index contributed by atoms with van der Waals surface area (Å²) in [6, 6.07) is 11.4. The first-order valence-corrected chi connectivity index (χ1v) is 10.3. The number of benzene rings is 2. The predicted octanol–water partition coefficient (Wildman–Crippen LogP) is 3.19. The Morgan fingerprint density at radius 1 is 1.16 bits per heavy atom. The molecule has 1 heterocycles. The van der Waals surface area contributed by atoms with E-state index >= 15 is 0 Å². The zero-order chi connectivity index (χ0) is 23.3. The summed E-state index contributed by atoms with van der Waals surface area (Å²) < 4.78 is 10.2. The van der Waals surface area contributed by atoms with E-state index in [0.29, 0.717) is 10.7 Å². The topological polar surface area (TPSA) is 105 Å². The van der Waals surface area contributed by atoms with Gasteiger partial charge in [-0.05, 0) is 37.3 Å². The van der Waals surface area contributed by atoms with Crippen LogP contribution < -0.4 is 15.1 Å². The lowest BCUT2D eigenvalue weighted by Crippen LogP contribution is -2.56. The number of hydrazine groups is 1. The molecule has 4 amide bonds. The van der Waals surface area contributed by atoms with Gasteiger partial charge in [-0.15, -0.1) is 0 Å². The van der Waals surface area contributed by atoms with Gasteiger partial charge in [0.25, 0.3) is 11.8 Å². The summed E-state index contributed by atoms with van der Waals surface area (Å²) in [4.78, 5) is 51.4. The molecule has 0 radical (unpaired) electrons. The first kappa shape index (κ1) is 23.4. The molecule has 9 nitrogen and oxygen atoms in total. The van der Waals surface area contributed by atoms with Crippen LogP contribution in [0.25, 0.3) is 0 Å². The molecule has 2 aromatic rings. The van der Waals surface area contributed by atoms with Crippen molar-refractivity contribution in [2.45, 2.75) is 19.4 Å². The molecule has 0 spiro atoms. The predicted molar refractivity (Wildman–Crippen MR) is 116 cm³/mol. The number of rotatable bonds is 6. The smallest absolute Gasteiger partial charge is 0.426 e. The number of hydrogen-bond acceptors (Lipinski definition) is 6. The van der Waals surface area contributed by atoms with Gasteiger partial charge in [-0.2, -0.15) is 0 Å². The van der Waals surface area contributed by atoms with Crippen LogP contribution >= 0.6 is 23.2 Å². The van der Waals surface area contributed by atoms with E-state index in [1.807, 2.05) is 0 Å². The second kappa shape index (κ2) is 10.3. The number of nitrogens with zero attached hydrogens (tertiary/aromatic N) is 2. The highest BCUT2D eigenvalue weighted by Gasteiger charge is 2.45. The maximum absolute atomic E-state index is 13.0. The van der Waals surface area contributed by atoms with Crippen molar-refractivity contribution >= 4 is 52.7 Å². The van der Waals surface area contributed by atoms with E-state index in [-0.39, 0.29) is 23.8 Å². The lowest BCUT2D eigenvalue weighted by Gasteiger charge is -2.27. The van der Waals surface area contributed by atoms with Crippen molar-refractivity contribution in [2.75, 3.05) is 18.1 Å². The molecular formula is C21H19Cl2N3O6. The zero-order valence-electron chi connectivity index (χ0n) is 16.9. The van der Waals surface area contributed by atoms with Gasteiger partial charge in [0.1, 0.15) is 11.8 Å². The normalized spacial score (nSPS) is 15.5. The molecule has 0 aliphatic carbocycles. The number of carbonyl (C=O) groups excluding carboxylic acids is 4. The van der Waals surface area contributed by atoms with Gasteiger partial charge >= 0.3 is 6.09 Å². The number of imide groups is 1. The van der Waals surface area contributed by atoms with Crippen LogP contribution in [0.4, 0.5) is 10.5 Å². The van der Waals surface area contributed by atoms with E-state index in [1.54, 1.807) is 37.3 Å². The van der Waals surface area contributed by atoms with Crippen molar-refractivity contribution in [3.63, 3.8) is 0 Å². The molecule has 1 saturated heterocycles. The minimum absolute atomic E-state index is 0.0401. The fourth-order valence-corrected chi connectivity index (χ4v) is 3.51. The number of hydrogen-bond donors (Lipinski definition) is 1. The Kier molecular flexibility index (Phi) is 7.55. The zero-order valence-corrected chi connectivity index (χ0v) is 18.4. The second-order valence-electron chi connectivity index (χ2n) is 6.58. The summed E-state index contributed by atoms with van der Waals surface area (Å²) in [6.45, 7) is 1.05. The first-order valence-electron chi connectivity index (χ1n) is 9.57. The molecule has 0 bridgehead atoms. The summed E-state index contributed by atoms with van der Waals surface area (Å²) in [6.07, 6.45) is -1.28. The minimum atomic E-state index is -1.27. The van der Waals surface area contributed by atoms with E-state index in [2.05, 4.69) is 5.43 Å². The summed E-state index contributed by atoms with van der Waals surface area (Å²) >= 11 is 11.9. The molecule has 0 saturated carbocycles. The third-order valence-corrected chi connectivity index (χ3v) is 4.98. The third-order valence-electron chi connectivity index (χ3n) is 4.45. The Morgan fingerprint density at radius 2 is 1.88 bits per heavy atom. The van der Waals surface area contributed by atoms with Crippen molar-refractivity contribution in [3.05, 3.63) is 58.6 Å². The van der Waals surface area contributed by atoms with E-state index in [9.17, 15) is 19.2 Å². The van der Waals surface area contributed by atoms with Crippen molar-refractivity contribution in [1.82, 2.24) is 10.4 Å². The highest BCUT2D eigenvalue weighted by atomic mass is 35.5. The largest absolute Gasteiger partial charge is 0.482 e. The lowest BCUT2D eigenvalue weighted by molar-refractivity contribution is -0.143. The molecule has 1 fully saturated rings. The highest BCUT2D eigenvalue weighted by Crippen LogP contribution is 2.28. The van der Waals surface area contributed by atoms with Crippen LogP contribution in [-0.4, -0.2) is 48.1 Å². The van der Waals surface area contributed by atoms with Crippen LogP contribution in [0.3, 0.4) is 0 Å². The standard InChI is InChI=1S/C21H19Cl2N3O6/c1-2-31-21(30)24-26(19(28)12-32-17-9-8-13(22)10-15(17)23)16-11-18(27)25(20(16)29)14-6-4-3-5-7-14/h3-10,16H,2,11-12H2,1H3,(H,24,30). The van der Waals surface area contributed by atoms with Crippen LogP contribution in [-0.2, 0) is 19.1 Å². The molecule has 2 aromatic carbocycles. The van der Waals surface area contributed by atoms with Gasteiger partial charge in [0, 0.05) is 5.02 Å². The number of halogens is 2. The molecule has 1 N–H and O–H groups in total. The molecule has 1 unspecified atom stereocenters. The summed E-state index contributed by atoms with van der Waals surface area (Å²) in [5.74, 6) is -1.79. The number of anilines is 1. The maximum atomic E-state index is 13.0. The van der Waals surface area contributed by atoms with E-state index in [4.69, 9.17) is 32.7 Å². The Balaban J connectivity index is 1.80. The Morgan fingerprint density at radius 3 is 2.53 bits per heavy atom. The molecule has 32 heavy (non-hydrogen) atoms. The van der Waals surface area contributed by atoms with Crippen LogP contribution in [0.2, 0.25) is 10.0 Å². The molecule has 1 aliphatic rings. The van der Waals surface area contributed by atoms with Gasteiger partial charge in [-0.3, -0.25) is 14.4 Å². The third kappa shape index (κ3) is 5.30. The number of nitrogens with one attached hydrogen (secondary N) is 1. The fourth-order valence-electron chi connectivity index (χ4n) is 3.04. The van der Waals surface area contributed by atoms with E-state index in [0.717, 1.165) is 9.91 Å². The lowest BCUT2D eigenvalue weighted by atomic mass is 10.2. The second-order valence-corrected chi connectivity index (χ2v) is 7.43. The Hall–Kier alpha value is -3.30. The summed E-state index contributed by atoms with van der Waals surface area (Å²) in [5, 5.41) is 1.32. The van der Waals surface area contributed by atoms with E-state index < -0.39 is 36.5 Å². The maximum Gasteiger partial charge on any atom is 0.426 e. The van der Waals surface area contributed by atoms with Crippen LogP contribution in [0.1, 0.15) is 13.3 Å². The number of amides is 4. The number of para-hydroxylation sites is 1. The van der Waals surface area contributed by atoms with Gasteiger partial charge in [0.05, 0.1) is 23.7 Å². The summed E-state index contributed by atoms with van der Waals surface area (Å²) in [7, 11) is 0. The minimum Gasteiger partial charge on any atom is -0.482 e. The monoisotopic (exact) mass is 479 g/mol. The van der Waals surface area contributed by atoms with Gasteiger partial charge < -0.3 is 9.47 Å². The van der Waals surface area contributed by atoms with E-state index in [1.165, 1.54) is 18.2 Å². The van der Waals surface area contributed by atoms with Crippen LogP contribution in [0, 0.1) is 0 Å². The van der Waals surface area contributed by atoms with Gasteiger partial charge in [0.2, 0.25) is 5.91 Å². The molecule has 1 atom stereocenters. The average molecular weight is 480 g/mol. The molecule has 1 aliphatic heterocycles. The summed E-state index contributed by atoms with van der Waals surface area (Å²) in [5.41, 5.74) is 2.59.